The third-order valence-corrected chi connectivity index (χ3v) is 1.84. The second kappa shape index (κ2) is 6.41. The Morgan fingerprint density at radius 1 is 1.39 bits per heavy atom. The molecule has 1 N–H and O–H groups in total. The Hall–Kier alpha value is -2.34. The van der Waals surface area contributed by atoms with E-state index in [0.717, 1.165) is 6.08 Å². The van der Waals surface area contributed by atoms with Crippen LogP contribution in [0.5, 0.6) is 5.75 Å². The predicted octanol–water partition coefficient (Wildman–Crippen LogP) is 1.77. The fourth-order valence-corrected chi connectivity index (χ4v) is 1.07. The number of rotatable bonds is 6. The number of ether oxygens (including phenoxy) is 1. The Labute approximate surface area is 103 Å². The van der Waals surface area contributed by atoms with E-state index in [4.69, 9.17) is 14.9 Å². The highest BCUT2D eigenvalue weighted by Gasteiger charge is 2.14. The average Bonchev–Trinajstić information content (AvgIpc) is 2.36. The third kappa shape index (κ3) is 3.91. The first-order chi connectivity index (χ1) is 8.54. The van der Waals surface area contributed by atoms with Gasteiger partial charge in [-0.1, -0.05) is 18.7 Å². The molecule has 18 heavy (non-hydrogen) atoms. The van der Waals surface area contributed by atoms with Crippen molar-refractivity contribution in [3.8, 4) is 5.75 Å². The van der Waals surface area contributed by atoms with Crippen LogP contribution in [0.25, 0.3) is 0 Å². The number of carbonyl (C=O) groups is 2. The highest BCUT2D eigenvalue weighted by Crippen LogP contribution is 2.18. The Morgan fingerprint density at radius 2 is 2.06 bits per heavy atom. The summed E-state index contributed by atoms with van der Waals surface area (Å²) in [6, 6.07) is 5.93. The average molecular weight is 252 g/mol. The molecule has 0 saturated heterocycles. The number of para-hydroxylation sites is 1. The molecule has 0 radical (unpaired) electrons. The quantitative estimate of drug-likeness (QED) is 0.273. The van der Waals surface area contributed by atoms with E-state index in [2.05, 4.69) is 11.3 Å². The molecule has 0 aromatic heterocycles. The number of hydrogen-bond acceptors (Lipinski definition) is 5. The van der Waals surface area contributed by atoms with Crippen molar-refractivity contribution in [3.05, 3.63) is 42.5 Å². The summed E-state index contributed by atoms with van der Waals surface area (Å²) in [5.74, 6) is -1.80. The van der Waals surface area contributed by atoms with Crippen LogP contribution in [-0.4, -0.2) is 23.3 Å². The van der Waals surface area contributed by atoms with E-state index in [-0.39, 0.29) is 11.3 Å². The summed E-state index contributed by atoms with van der Waals surface area (Å²) in [6.45, 7) is 4.64. The van der Waals surface area contributed by atoms with Gasteiger partial charge < -0.3 is 14.7 Å². The second-order valence-electron chi connectivity index (χ2n) is 3.19. The van der Waals surface area contributed by atoms with E-state index >= 15 is 0 Å². The lowest BCUT2D eigenvalue weighted by Gasteiger charge is -2.12. The van der Waals surface area contributed by atoms with Crippen molar-refractivity contribution in [3.63, 3.8) is 0 Å². The molecule has 0 amide bonds. The molecule has 6 heteroatoms. The van der Waals surface area contributed by atoms with Crippen LogP contribution in [0.3, 0.4) is 0 Å². The molecule has 0 spiro atoms. The molecule has 1 aromatic rings. The van der Waals surface area contributed by atoms with E-state index in [0.29, 0.717) is 0 Å². The normalized spacial score (nSPS) is 11.4. The molecule has 0 saturated carbocycles. The summed E-state index contributed by atoms with van der Waals surface area (Å²) in [5.41, 5.74) is -0.0558. The van der Waals surface area contributed by atoms with Crippen LogP contribution in [0.2, 0.25) is 0 Å². The topological polar surface area (TPSA) is 82.1 Å². The third-order valence-electron chi connectivity index (χ3n) is 1.84. The Morgan fingerprint density at radius 3 is 2.67 bits per heavy atom. The van der Waals surface area contributed by atoms with Crippen molar-refractivity contribution in [2.75, 3.05) is 0 Å². The van der Waals surface area contributed by atoms with Crippen molar-refractivity contribution >= 4 is 11.9 Å². The molecule has 0 aliphatic carbocycles. The Balaban J connectivity index is 2.60. The number of aromatic carboxylic acids is 1. The summed E-state index contributed by atoms with van der Waals surface area (Å²) in [7, 11) is 0. The maximum absolute atomic E-state index is 10.9. The van der Waals surface area contributed by atoms with Gasteiger partial charge in [0.15, 0.2) is 5.75 Å². The van der Waals surface area contributed by atoms with Crippen LogP contribution in [0.15, 0.2) is 36.9 Å². The molecule has 1 rings (SSSR count). The molecule has 0 aliphatic rings. The molecular weight excluding hydrogens is 240 g/mol. The molecule has 0 heterocycles. The van der Waals surface area contributed by atoms with Crippen molar-refractivity contribution in [2.45, 2.75) is 13.2 Å². The molecule has 0 fully saturated rings. The summed E-state index contributed by atoms with van der Waals surface area (Å²) in [6.07, 6.45) is -0.0113. The number of esters is 1. The first kappa shape index (κ1) is 13.7. The zero-order chi connectivity index (χ0) is 13.5. The van der Waals surface area contributed by atoms with E-state index in [9.17, 15) is 9.59 Å². The standard InChI is InChI=1S/C12H12O6/c1-3-11(13)16-8(2)17-18-10-7-5-4-6-9(10)12(14)15/h3-8H,1H2,2H3,(H,14,15). The highest BCUT2D eigenvalue weighted by molar-refractivity contribution is 5.90. The van der Waals surface area contributed by atoms with Crippen LogP contribution in [0.1, 0.15) is 17.3 Å². The lowest BCUT2D eigenvalue weighted by molar-refractivity contribution is -0.302. The van der Waals surface area contributed by atoms with E-state index in [1.807, 2.05) is 0 Å². The zero-order valence-corrected chi connectivity index (χ0v) is 9.66. The minimum atomic E-state index is -1.15. The maximum Gasteiger partial charge on any atom is 0.339 e. The van der Waals surface area contributed by atoms with Crippen molar-refractivity contribution in [1.82, 2.24) is 0 Å². The Bertz CT molecular complexity index is 454. The molecule has 0 bridgehead atoms. The van der Waals surface area contributed by atoms with E-state index < -0.39 is 18.2 Å². The molecule has 1 aromatic carbocycles. The van der Waals surface area contributed by atoms with Crippen LogP contribution in [-0.2, 0) is 14.4 Å². The van der Waals surface area contributed by atoms with Gasteiger partial charge in [0.05, 0.1) is 0 Å². The molecular formula is C12H12O6. The number of carboxylic acid groups (broad SMARTS) is 1. The summed E-state index contributed by atoms with van der Waals surface area (Å²) < 4.78 is 4.67. The van der Waals surface area contributed by atoms with Crippen LogP contribution >= 0.6 is 0 Å². The van der Waals surface area contributed by atoms with Gasteiger partial charge in [0, 0.05) is 13.0 Å². The van der Waals surface area contributed by atoms with Crippen molar-refractivity contribution < 1.29 is 29.2 Å². The fourth-order valence-electron chi connectivity index (χ4n) is 1.07. The van der Waals surface area contributed by atoms with Gasteiger partial charge in [-0.15, -0.1) is 4.89 Å². The van der Waals surface area contributed by atoms with Crippen molar-refractivity contribution in [2.24, 2.45) is 0 Å². The van der Waals surface area contributed by atoms with Gasteiger partial charge >= 0.3 is 11.9 Å². The Kier molecular flexibility index (Phi) is 4.89. The SMILES string of the molecule is C=CC(=O)OC(C)OOc1ccccc1C(=O)O. The van der Waals surface area contributed by atoms with Crippen LogP contribution < -0.4 is 4.89 Å². The van der Waals surface area contributed by atoms with Gasteiger partial charge in [0.2, 0.25) is 6.29 Å². The monoisotopic (exact) mass is 252 g/mol. The highest BCUT2D eigenvalue weighted by atomic mass is 17.2. The minimum Gasteiger partial charge on any atom is -0.478 e. The number of benzene rings is 1. The maximum atomic E-state index is 10.9. The summed E-state index contributed by atoms with van der Waals surface area (Å²) in [4.78, 5) is 31.2. The minimum absolute atomic E-state index is 0.0199. The van der Waals surface area contributed by atoms with Gasteiger partial charge in [-0.3, -0.25) is 0 Å². The molecule has 1 atom stereocenters. The smallest absolute Gasteiger partial charge is 0.339 e. The predicted molar refractivity (Wildman–Crippen MR) is 60.9 cm³/mol. The van der Waals surface area contributed by atoms with Gasteiger partial charge in [-0.25, -0.2) is 9.59 Å². The van der Waals surface area contributed by atoms with Gasteiger partial charge in [-0.2, -0.15) is 0 Å². The van der Waals surface area contributed by atoms with Crippen LogP contribution in [0, 0.1) is 0 Å². The largest absolute Gasteiger partial charge is 0.478 e. The van der Waals surface area contributed by atoms with Gasteiger partial charge in [-0.05, 0) is 12.1 Å². The molecule has 96 valence electrons. The van der Waals surface area contributed by atoms with E-state index in [1.54, 1.807) is 12.1 Å². The zero-order valence-electron chi connectivity index (χ0n) is 9.66. The number of carbonyl (C=O) groups excluding carboxylic acids is 1. The second-order valence-corrected chi connectivity index (χ2v) is 3.19. The first-order valence-corrected chi connectivity index (χ1v) is 5.03. The van der Waals surface area contributed by atoms with E-state index in [1.165, 1.54) is 19.1 Å². The lowest BCUT2D eigenvalue weighted by atomic mass is 10.2. The first-order valence-electron chi connectivity index (χ1n) is 5.03. The van der Waals surface area contributed by atoms with Gasteiger partial charge in [0.25, 0.3) is 0 Å². The fraction of sp³-hybridized carbons (Fsp3) is 0.167. The number of hydrogen-bond donors (Lipinski definition) is 1. The molecule has 6 nitrogen and oxygen atoms in total. The summed E-state index contributed by atoms with van der Waals surface area (Å²) in [5, 5.41) is 8.88. The van der Waals surface area contributed by atoms with Gasteiger partial charge in [0.1, 0.15) is 5.56 Å². The molecule has 0 aliphatic heterocycles. The van der Waals surface area contributed by atoms with Crippen molar-refractivity contribution in [1.29, 1.82) is 0 Å². The van der Waals surface area contributed by atoms with Crippen LogP contribution in [0.4, 0.5) is 0 Å². The lowest BCUT2D eigenvalue weighted by Crippen LogP contribution is -2.19. The number of carboxylic acids is 1. The summed E-state index contributed by atoms with van der Waals surface area (Å²) >= 11 is 0. The molecule has 1 unspecified atom stereocenters.